The number of aryl methyl sites for hydroxylation is 1. The van der Waals surface area contributed by atoms with Crippen molar-refractivity contribution in [3.8, 4) is 0 Å². The van der Waals surface area contributed by atoms with Gasteiger partial charge in [-0.2, -0.15) is 0 Å². The van der Waals surface area contributed by atoms with Crippen LogP contribution in [0.4, 0.5) is 5.95 Å². The molecule has 11 heavy (non-hydrogen) atoms. The average molecular weight is 375 g/mol. The van der Waals surface area contributed by atoms with Crippen molar-refractivity contribution >= 4 is 5.95 Å². The molecule has 4 nitrogen and oxygen atoms in total. The summed E-state index contributed by atoms with van der Waals surface area (Å²) in [5.41, 5.74) is 0. The SMILES string of the molecule is Cc1n[c-]nc(N(C)C)n1.[U+2]. The summed E-state index contributed by atoms with van der Waals surface area (Å²) in [7, 11) is 3.76. The van der Waals surface area contributed by atoms with Crippen molar-refractivity contribution in [2.24, 2.45) is 0 Å². The number of hydrogen-bond donors (Lipinski definition) is 0. The molecule has 1 aromatic rings. The van der Waals surface area contributed by atoms with Gasteiger partial charge in [-0.05, 0) is 14.1 Å². The van der Waals surface area contributed by atoms with Crippen LogP contribution in [0.25, 0.3) is 0 Å². The topological polar surface area (TPSA) is 41.9 Å². The molecule has 0 aromatic carbocycles. The molecule has 0 saturated carbocycles. The zero-order valence-electron chi connectivity index (χ0n) is 6.79. The van der Waals surface area contributed by atoms with Gasteiger partial charge in [-0.25, -0.2) is 0 Å². The van der Waals surface area contributed by atoms with Crippen molar-refractivity contribution in [2.75, 3.05) is 19.0 Å². The quantitative estimate of drug-likeness (QED) is 0.651. The van der Waals surface area contributed by atoms with Gasteiger partial charge in [0.05, 0.1) is 0 Å². The molecule has 0 fully saturated rings. The number of anilines is 1. The van der Waals surface area contributed by atoms with Crippen LogP contribution in [0.5, 0.6) is 0 Å². The fourth-order valence-corrected chi connectivity index (χ4v) is 0.537. The van der Waals surface area contributed by atoms with Crippen LogP contribution in [0.3, 0.4) is 0 Å². The molecule has 0 radical (unpaired) electrons. The molecule has 0 atom stereocenters. The summed E-state index contributed by atoms with van der Waals surface area (Å²) in [6.45, 7) is 1.81. The van der Waals surface area contributed by atoms with Crippen LogP contribution < -0.4 is 4.90 Å². The van der Waals surface area contributed by atoms with Gasteiger partial charge in [0.1, 0.15) is 5.95 Å². The Morgan fingerprint density at radius 3 is 2.27 bits per heavy atom. The molecule has 5 heteroatoms. The standard InChI is InChI=1S/C6H9N4.U/c1-5-7-4-8-6(9-5)10(2)3;/h1-3H3;/q-1;+2. The third kappa shape index (κ3) is 3.17. The first-order valence-electron chi connectivity index (χ1n) is 2.96. The first-order chi connectivity index (χ1) is 4.70. The van der Waals surface area contributed by atoms with Crippen LogP contribution in [0.2, 0.25) is 0 Å². The summed E-state index contributed by atoms with van der Waals surface area (Å²) >= 11 is 0. The van der Waals surface area contributed by atoms with E-state index in [0.717, 1.165) is 0 Å². The van der Waals surface area contributed by atoms with E-state index < -0.39 is 0 Å². The Morgan fingerprint density at radius 1 is 1.27 bits per heavy atom. The van der Waals surface area contributed by atoms with Gasteiger partial charge in [0.2, 0.25) is 0 Å². The first-order valence-corrected chi connectivity index (χ1v) is 2.96. The van der Waals surface area contributed by atoms with E-state index in [2.05, 4.69) is 21.3 Å². The second-order valence-corrected chi connectivity index (χ2v) is 2.18. The monoisotopic (exact) mass is 375 g/mol. The third-order valence-corrected chi connectivity index (χ3v) is 1.02. The van der Waals surface area contributed by atoms with Gasteiger partial charge >= 0.3 is 31.1 Å². The number of hydrogen-bond acceptors (Lipinski definition) is 4. The normalized spacial score (nSPS) is 8.64. The molecule has 1 aromatic heterocycles. The van der Waals surface area contributed by atoms with E-state index >= 15 is 0 Å². The van der Waals surface area contributed by atoms with E-state index in [0.29, 0.717) is 11.8 Å². The molecule has 0 aliphatic rings. The summed E-state index contributed by atoms with van der Waals surface area (Å²) in [6, 6.07) is 0. The molecule has 0 saturated heterocycles. The minimum absolute atomic E-state index is 0. The molecular weight excluding hydrogens is 366 g/mol. The van der Waals surface area contributed by atoms with E-state index in [9.17, 15) is 0 Å². The number of rotatable bonds is 1. The molecule has 0 spiro atoms. The molecular formula is C6H9N4U+. The number of aromatic nitrogens is 3. The van der Waals surface area contributed by atoms with E-state index in [4.69, 9.17) is 0 Å². The summed E-state index contributed by atoms with van der Waals surface area (Å²) in [6.07, 6.45) is 2.51. The van der Waals surface area contributed by atoms with Crippen LogP contribution in [-0.4, -0.2) is 29.0 Å². The smallest absolute Gasteiger partial charge is 0.399 e. The Kier molecular flexibility index (Phi) is 4.62. The zero-order chi connectivity index (χ0) is 7.56. The van der Waals surface area contributed by atoms with Crippen molar-refractivity contribution in [3.05, 3.63) is 12.2 Å². The van der Waals surface area contributed by atoms with Crippen LogP contribution in [0, 0.1) is 44.4 Å². The van der Waals surface area contributed by atoms with Crippen LogP contribution in [0.15, 0.2) is 0 Å². The third-order valence-electron chi connectivity index (χ3n) is 1.02. The second kappa shape index (κ2) is 4.68. The van der Waals surface area contributed by atoms with Crippen LogP contribution >= 0.6 is 0 Å². The first kappa shape index (κ1) is 10.9. The second-order valence-electron chi connectivity index (χ2n) is 2.18. The summed E-state index contributed by atoms with van der Waals surface area (Å²) in [5.74, 6) is 1.34. The van der Waals surface area contributed by atoms with E-state index in [1.54, 1.807) is 0 Å². The van der Waals surface area contributed by atoms with Crippen LogP contribution in [0.1, 0.15) is 5.82 Å². The molecule has 0 amide bonds. The fourth-order valence-electron chi connectivity index (χ4n) is 0.537. The van der Waals surface area contributed by atoms with Gasteiger partial charge in [-0.1, -0.05) is 6.92 Å². The number of nitrogens with zero attached hydrogens (tertiary/aromatic N) is 4. The Hall–Kier alpha value is -0.138. The molecule has 0 bridgehead atoms. The van der Waals surface area contributed by atoms with Crippen molar-refractivity contribution in [3.63, 3.8) is 0 Å². The van der Waals surface area contributed by atoms with Gasteiger partial charge in [-0.3, -0.25) is 0 Å². The van der Waals surface area contributed by atoms with Crippen molar-refractivity contribution in [1.29, 1.82) is 0 Å². The van der Waals surface area contributed by atoms with E-state index in [1.807, 2.05) is 25.9 Å². The van der Waals surface area contributed by atoms with Gasteiger partial charge in [0.25, 0.3) is 0 Å². The van der Waals surface area contributed by atoms with Gasteiger partial charge in [0.15, 0.2) is 0 Å². The summed E-state index contributed by atoms with van der Waals surface area (Å²) < 4.78 is 0. The predicted octanol–water partition coefficient (Wildman–Crippen LogP) is 0.0462. The molecule has 0 aliphatic heterocycles. The molecule has 1 heterocycles. The van der Waals surface area contributed by atoms with Crippen LogP contribution in [-0.2, 0) is 0 Å². The maximum absolute atomic E-state index is 4.05. The average Bonchev–Trinajstić information content (AvgIpc) is 1.88. The minimum Gasteiger partial charge on any atom is -0.399 e. The Balaban J connectivity index is 0.000001000. The fraction of sp³-hybridized carbons (Fsp3) is 0.500. The summed E-state index contributed by atoms with van der Waals surface area (Å²) in [4.78, 5) is 13.4. The Labute approximate surface area is 89.8 Å². The largest absolute Gasteiger partial charge is 2.00 e. The Morgan fingerprint density at radius 2 is 1.91 bits per heavy atom. The predicted molar refractivity (Wildman–Crippen MR) is 37.7 cm³/mol. The van der Waals surface area contributed by atoms with Gasteiger partial charge in [-0.15, -0.1) is 0 Å². The van der Waals surface area contributed by atoms with E-state index in [1.165, 1.54) is 0 Å². The zero-order valence-corrected chi connectivity index (χ0v) is 11.0. The van der Waals surface area contributed by atoms with Gasteiger partial charge < -0.3 is 19.9 Å². The minimum atomic E-state index is 0. The van der Waals surface area contributed by atoms with Crippen molar-refractivity contribution in [2.45, 2.75) is 6.92 Å². The molecule has 0 N–H and O–H groups in total. The van der Waals surface area contributed by atoms with E-state index in [-0.39, 0.29) is 31.1 Å². The Bertz CT molecular complexity index is 226. The molecule has 0 aliphatic carbocycles. The van der Waals surface area contributed by atoms with Crippen molar-refractivity contribution in [1.82, 2.24) is 15.0 Å². The molecule has 56 valence electrons. The maximum atomic E-state index is 4.05. The molecule has 1 rings (SSSR count). The molecule has 0 unspecified atom stereocenters. The maximum Gasteiger partial charge on any atom is 2.00 e. The summed E-state index contributed by atoms with van der Waals surface area (Å²) in [5, 5.41) is 0. The van der Waals surface area contributed by atoms with Crippen molar-refractivity contribution < 1.29 is 31.1 Å². The van der Waals surface area contributed by atoms with Gasteiger partial charge in [0, 0.05) is 12.2 Å².